The van der Waals surface area contributed by atoms with Crippen LogP contribution in [0.25, 0.3) is 0 Å². The Morgan fingerprint density at radius 2 is 1.67 bits per heavy atom. The fourth-order valence-corrected chi connectivity index (χ4v) is 3.03. The molecule has 0 radical (unpaired) electrons. The van der Waals surface area contributed by atoms with Crippen LogP contribution in [0.15, 0.2) is 53.4 Å². The average Bonchev–Trinajstić information content (AvgIpc) is 2.41. The first-order valence-corrected chi connectivity index (χ1v) is 8.40. The molecule has 21 heavy (non-hydrogen) atoms. The van der Waals surface area contributed by atoms with Crippen molar-refractivity contribution in [2.24, 2.45) is 0 Å². The van der Waals surface area contributed by atoms with Crippen LogP contribution in [0.1, 0.15) is 11.1 Å². The highest BCUT2D eigenvalue weighted by molar-refractivity contribution is 7.90. The normalized spacial score (nSPS) is 11.1. The zero-order chi connectivity index (χ0) is 15.5. The van der Waals surface area contributed by atoms with E-state index in [0.29, 0.717) is 5.56 Å². The van der Waals surface area contributed by atoms with Crippen molar-refractivity contribution >= 4 is 21.4 Å². The van der Waals surface area contributed by atoms with E-state index in [9.17, 15) is 13.2 Å². The van der Waals surface area contributed by atoms with E-state index in [1.807, 2.05) is 31.2 Å². The Bertz CT molecular complexity index is 767. The first-order chi connectivity index (χ1) is 9.88. The summed E-state index contributed by atoms with van der Waals surface area (Å²) in [7, 11) is -3.34. The van der Waals surface area contributed by atoms with Crippen LogP contribution < -0.4 is 5.32 Å². The third-order valence-electron chi connectivity index (χ3n) is 3.14. The standard InChI is InChI=1S/C16H17NO3S/c1-12-7-3-5-9-14(12)17-16(18)11-13-8-4-6-10-15(13)21(2,19)20/h3-10H,11H2,1-2H3,(H,17,18). The van der Waals surface area contributed by atoms with Crippen molar-refractivity contribution in [1.82, 2.24) is 0 Å². The van der Waals surface area contributed by atoms with Crippen LogP contribution in [0.5, 0.6) is 0 Å². The highest BCUT2D eigenvalue weighted by Crippen LogP contribution is 2.18. The fourth-order valence-electron chi connectivity index (χ4n) is 2.09. The summed E-state index contributed by atoms with van der Waals surface area (Å²) >= 11 is 0. The fraction of sp³-hybridized carbons (Fsp3) is 0.188. The second-order valence-electron chi connectivity index (χ2n) is 4.92. The number of carbonyl (C=O) groups is 1. The smallest absolute Gasteiger partial charge is 0.228 e. The number of aryl methyl sites for hydroxylation is 1. The van der Waals surface area contributed by atoms with Crippen molar-refractivity contribution in [2.45, 2.75) is 18.2 Å². The largest absolute Gasteiger partial charge is 0.326 e. The van der Waals surface area contributed by atoms with Gasteiger partial charge in [-0.05, 0) is 30.2 Å². The lowest BCUT2D eigenvalue weighted by Crippen LogP contribution is -2.16. The molecule has 0 aliphatic heterocycles. The van der Waals surface area contributed by atoms with Gasteiger partial charge >= 0.3 is 0 Å². The average molecular weight is 303 g/mol. The van der Waals surface area contributed by atoms with Gasteiger partial charge in [0.1, 0.15) is 0 Å². The number of anilines is 1. The Hall–Kier alpha value is -2.14. The zero-order valence-electron chi connectivity index (χ0n) is 12.0. The lowest BCUT2D eigenvalue weighted by molar-refractivity contribution is -0.115. The molecule has 0 unspecified atom stereocenters. The minimum Gasteiger partial charge on any atom is -0.326 e. The molecule has 4 nitrogen and oxygen atoms in total. The maximum atomic E-state index is 12.1. The monoisotopic (exact) mass is 303 g/mol. The van der Waals surface area contributed by atoms with Gasteiger partial charge in [-0.25, -0.2) is 8.42 Å². The minimum atomic E-state index is -3.34. The topological polar surface area (TPSA) is 63.2 Å². The number of rotatable bonds is 4. The van der Waals surface area contributed by atoms with E-state index in [1.54, 1.807) is 18.2 Å². The number of para-hydroxylation sites is 1. The molecule has 0 bridgehead atoms. The van der Waals surface area contributed by atoms with E-state index < -0.39 is 9.84 Å². The van der Waals surface area contributed by atoms with Crippen LogP contribution in [0.2, 0.25) is 0 Å². The first kappa shape index (κ1) is 15.3. The Morgan fingerprint density at radius 3 is 2.33 bits per heavy atom. The van der Waals surface area contributed by atoms with Crippen LogP contribution in [-0.4, -0.2) is 20.6 Å². The number of carbonyl (C=O) groups excluding carboxylic acids is 1. The van der Waals surface area contributed by atoms with Gasteiger partial charge in [0.25, 0.3) is 0 Å². The molecule has 2 aromatic carbocycles. The predicted octanol–water partition coefficient (Wildman–Crippen LogP) is 2.58. The van der Waals surface area contributed by atoms with Crippen molar-refractivity contribution < 1.29 is 13.2 Å². The molecule has 1 N–H and O–H groups in total. The van der Waals surface area contributed by atoms with Gasteiger partial charge in [-0.15, -0.1) is 0 Å². The highest BCUT2D eigenvalue weighted by atomic mass is 32.2. The number of hydrogen-bond acceptors (Lipinski definition) is 3. The Morgan fingerprint density at radius 1 is 1.05 bits per heavy atom. The van der Waals surface area contributed by atoms with E-state index in [0.717, 1.165) is 17.5 Å². The molecule has 0 heterocycles. The molecular formula is C16H17NO3S. The van der Waals surface area contributed by atoms with Gasteiger partial charge in [0.05, 0.1) is 11.3 Å². The van der Waals surface area contributed by atoms with E-state index in [-0.39, 0.29) is 17.2 Å². The van der Waals surface area contributed by atoms with E-state index in [1.165, 1.54) is 6.07 Å². The molecule has 0 aliphatic rings. The van der Waals surface area contributed by atoms with Crippen LogP contribution in [0.4, 0.5) is 5.69 Å². The van der Waals surface area contributed by atoms with Gasteiger partial charge in [-0.1, -0.05) is 36.4 Å². The van der Waals surface area contributed by atoms with E-state index >= 15 is 0 Å². The number of amides is 1. The summed E-state index contributed by atoms with van der Waals surface area (Å²) < 4.78 is 23.4. The summed E-state index contributed by atoms with van der Waals surface area (Å²) in [6, 6.07) is 14.0. The summed E-state index contributed by atoms with van der Waals surface area (Å²) in [6.07, 6.45) is 1.17. The molecular weight excluding hydrogens is 286 g/mol. The third-order valence-corrected chi connectivity index (χ3v) is 4.34. The summed E-state index contributed by atoms with van der Waals surface area (Å²) in [5.74, 6) is -0.236. The van der Waals surface area contributed by atoms with Gasteiger partial charge in [0.2, 0.25) is 5.91 Å². The van der Waals surface area contributed by atoms with E-state index in [4.69, 9.17) is 0 Å². The molecule has 0 aromatic heterocycles. The summed E-state index contributed by atoms with van der Waals surface area (Å²) in [5.41, 5.74) is 2.20. The Balaban J connectivity index is 2.20. The van der Waals surface area contributed by atoms with E-state index in [2.05, 4.69) is 5.32 Å². The first-order valence-electron chi connectivity index (χ1n) is 6.51. The Kier molecular flexibility index (Phi) is 4.43. The molecule has 0 aliphatic carbocycles. The summed E-state index contributed by atoms with van der Waals surface area (Å²) in [4.78, 5) is 12.3. The van der Waals surface area contributed by atoms with Crippen LogP contribution >= 0.6 is 0 Å². The van der Waals surface area contributed by atoms with Crippen molar-refractivity contribution in [3.8, 4) is 0 Å². The van der Waals surface area contributed by atoms with Gasteiger partial charge in [-0.3, -0.25) is 4.79 Å². The lowest BCUT2D eigenvalue weighted by Gasteiger charge is -2.10. The molecule has 2 rings (SSSR count). The molecule has 0 fully saturated rings. The number of hydrogen-bond donors (Lipinski definition) is 1. The maximum absolute atomic E-state index is 12.1. The van der Waals surface area contributed by atoms with Crippen LogP contribution in [0, 0.1) is 6.92 Å². The maximum Gasteiger partial charge on any atom is 0.228 e. The molecule has 0 atom stereocenters. The number of benzene rings is 2. The predicted molar refractivity (Wildman–Crippen MR) is 83.1 cm³/mol. The molecule has 110 valence electrons. The molecule has 1 amide bonds. The number of sulfone groups is 1. The summed E-state index contributed by atoms with van der Waals surface area (Å²) in [5, 5.41) is 2.80. The second kappa shape index (κ2) is 6.10. The van der Waals surface area contributed by atoms with Crippen molar-refractivity contribution in [1.29, 1.82) is 0 Å². The zero-order valence-corrected chi connectivity index (χ0v) is 12.8. The highest BCUT2D eigenvalue weighted by Gasteiger charge is 2.15. The molecule has 5 heteroatoms. The van der Waals surface area contributed by atoms with Crippen molar-refractivity contribution in [2.75, 3.05) is 11.6 Å². The summed E-state index contributed by atoms with van der Waals surface area (Å²) in [6.45, 7) is 1.90. The second-order valence-corrected chi connectivity index (χ2v) is 6.90. The van der Waals surface area contributed by atoms with Crippen LogP contribution in [0.3, 0.4) is 0 Å². The number of nitrogens with one attached hydrogen (secondary N) is 1. The molecule has 0 saturated heterocycles. The SMILES string of the molecule is Cc1ccccc1NC(=O)Cc1ccccc1S(C)(=O)=O. The Labute approximate surface area is 124 Å². The van der Waals surface area contributed by atoms with Crippen LogP contribution in [-0.2, 0) is 21.1 Å². The molecule has 2 aromatic rings. The van der Waals surface area contributed by atoms with Gasteiger partial charge in [0, 0.05) is 11.9 Å². The molecule has 0 saturated carbocycles. The van der Waals surface area contributed by atoms with Gasteiger partial charge < -0.3 is 5.32 Å². The van der Waals surface area contributed by atoms with Crippen molar-refractivity contribution in [3.63, 3.8) is 0 Å². The third kappa shape index (κ3) is 3.92. The quantitative estimate of drug-likeness (QED) is 0.944. The van der Waals surface area contributed by atoms with Gasteiger partial charge in [-0.2, -0.15) is 0 Å². The lowest BCUT2D eigenvalue weighted by atomic mass is 10.1. The van der Waals surface area contributed by atoms with Gasteiger partial charge in [0.15, 0.2) is 9.84 Å². The molecule has 0 spiro atoms. The van der Waals surface area contributed by atoms with Crippen molar-refractivity contribution in [3.05, 3.63) is 59.7 Å². The minimum absolute atomic E-state index is 0.0254.